The first-order valence-electron chi connectivity index (χ1n) is 6.94. The highest BCUT2D eigenvalue weighted by atomic mass is 19.4. The van der Waals surface area contributed by atoms with Crippen LogP contribution in [0.5, 0.6) is 0 Å². The van der Waals surface area contributed by atoms with E-state index in [0.717, 1.165) is 4.57 Å². The van der Waals surface area contributed by atoms with Gasteiger partial charge in [0, 0.05) is 31.0 Å². The van der Waals surface area contributed by atoms with Gasteiger partial charge in [-0.1, -0.05) is 0 Å². The van der Waals surface area contributed by atoms with Crippen molar-refractivity contribution in [3.8, 4) is 0 Å². The summed E-state index contributed by atoms with van der Waals surface area (Å²) in [5, 5.41) is 4.07. The molecule has 2 heterocycles. The van der Waals surface area contributed by atoms with Crippen molar-refractivity contribution < 1.29 is 13.2 Å². The number of hydrogen-bond donors (Lipinski definition) is 0. The largest absolute Gasteiger partial charge is 0.423 e. The van der Waals surface area contributed by atoms with Crippen LogP contribution in [0.3, 0.4) is 0 Å². The molecule has 0 bridgehead atoms. The normalized spacial score (nSPS) is 12.2. The summed E-state index contributed by atoms with van der Waals surface area (Å²) in [7, 11) is 1.65. The Labute approximate surface area is 129 Å². The summed E-state index contributed by atoms with van der Waals surface area (Å²) in [5.74, 6) is 0. The Bertz CT molecular complexity index is 843. The molecule has 0 aromatic carbocycles. The number of aryl methyl sites for hydroxylation is 2. The molecule has 23 heavy (non-hydrogen) atoms. The van der Waals surface area contributed by atoms with Crippen LogP contribution in [0.4, 0.5) is 13.2 Å². The molecule has 0 saturated carbocycles. The van der Waals surface area contributed by atoms with Crippen LogP contribution in [0, 0.1) is 6.92 Å². The summed E-state index contributed by atoms with van der Waals surface area (Å²) in [6, 6.07) is -0.509. The van der Waals surface area contributed by atoms with Gasteiger partial charge in [0.2, 0.25) is 0 Å². The molecule has 0 amide bonds. The van der Waals surface area contributed by atoms with E-state index >= 15 is 0 Å². The van der Waals surface area contributed by atoms with E-state index in [-0.39, 0.29) is 6.54 Å². The molecule has 2 aromatic rings. The molecule has 0 aliphatic heterocycles. The number of alkyl halides is 3. The predicted molar refractivity (Wildman–Crippen MR) is 77.4 cm³/mol. The van der Waals surface area contributed by atoms with Crippen molar-refractivity contribution in [2.24, 2.45) is 7.05 Å². The van der Waals surface area contributed by atoms with E-state index in [4.69, 9.17) is 0 Å². The van der Waals surface area contributed by atoms with Crippen molar-refractivity contribution in [2.75, 3.05) is 0 Å². The summed E-state index contributed by atoms with van der Waals surface area (Å²) < 4.78 is 42.2. The number of rotatable bonds is 3. The van der Waals surface area contributed by atoms with Crippen LogP contribution in [-0.2, 0) is 19.8 Å². The molecular formula is C14H17F3N4O2. The van der Waals surface area contributed by atoms with Gasteiger partial charge in [-0.2, -0.15) is 18.3 Å². The summed E-state index contributed by atoms with van der Waals surface area (Å²) in [4.78, 5) is 24.5. The second-order valence-corrected chi connectivity index (χ2v) is 5.63. The molecule has 0 radical (unpaired) electrons. The Morgan fingerprint density at radius 3 is 2.26 bits per heavy atom. The highest BCUT2D eigenvalue weighted by Gasteiger charge is 2.36. The fourth-order valence-electron chi connectivity index (χ4n) is 2.30. The number of hydrogen-bond acceptors (Lipinski definition) is 3. The van der Waals surface area contributed by atoms with Crippen LogP contribution < -0.4 is 11.2 Å². The minimum atomic E-state index is -4.83. The molecule has 126 valence electrons. The van der Waals surface area contributed by atoms with Gasteiger partial charge in [-0.05, 0) is 20.8 Å². The van der Waals surface area contributed by atoms with Crippen molar-refractivity contribution in [3.63, 3.8) is 0 Å². The second kappa shape index (κ2) is 5.71. The van der Waals surface area contributed by atoms with E-state index in [0.29, 0.717) is 22.0 Å². The molecule has 0 N–H and O–H groups in total. The molecule has 6 nitrogen and oxygen atoms in total. The Hall–Kier alpha value is -2.32. The highest BCUT2D eigenvalue weighted by molar-refractivity contribution is 5.17. The summed E-state index contributed by atoms with van der Waals surface area (Å²) in [6.07, 6.45) is -2.67. The summed E-state index contributed by atoms with van der Waals surface area (Å²) in [5.41, 5.74) is -2.41. The number of aromatic nitrogens is 4. The maximum Gasteiger partial charge on any atom is 0.423 e. The van der Waals surface area contributed by atoms with Gasteiger partial charge in [0.1, 0.15) is 5.56 Å². The zero-order valence-electron chi connectivity index (χ0n) is 13.2. The van der Waals surface area contributed by atoms with Gasteiger partial charge in [-0.3, -0.25) is 18.6 Å². The van der Waals surface area contributed by atoms with Crippen LogP contribution in [0.1, 0.15) is 36.7 Å². The van der Waals surface area contributed by atoms with E-state index in [1.807, 2.05) is 0 Å². The molecule has 0 unspecified atom stereocenters. The fraction of sp³-hybridized carbons (Fsp3) is 0.500. The Morgan fingerprint density at radius 2 is 1.83 bits per heavy atom. The van der Waals surface area contributed by atoms with Gasteiger partial charge in [0.25, 0.3) is 5.56 Å². The predicted octanol–water partition coefficient (Wildman–Crippen LogP) is 1.70. The minimum absolute atomic E-state index is 0.256. The lowest BCUT2D eigenvalue weighted by atomic mass is 10.2. The zero-order chi connectivity index (χ0) is 17.5. The van der Waals surface area contributed by atoms with Gasteiger partial charge in [0.15, 0.2) is 0 Å². The van der Waals surface area contributed by atoms with Gasteiger partial charge >= 0.3 is 11.9 Å². The van der Waals surface area contributed by atoms with E-state index in [1.165, 1.54) is 4.68 Å². The monoisotopic (exact) mass is 330 g/mol. The van der Waals surface area contributed by atoms with E-state index in [9.17, 15) is 22.8 Å². The Morgan fingerprint density at radius 1 is 1.22 bits per heavy atom. The third-order valence-electron chi connectivity index (χ3n) is 3.50. The van der Waals surface area contributed by atoms with Crippen LogP contribution in [0.25, 0.3) is 0 Å². The molecule has 0 fully saturated rings. The molecule has 0 saturated heterocycles. The maximum absolute atomic E-state index is 13.1. The van der Waals surface area contributed by atoms with Crippen molar-refractivity contribution in [3.05, 3.63) is 50.1 Å². The van der Waals surface area contributed by atoms with Gasteiger partial charge in [-0.15, -0.1) is 0 Å². The Balaban J connectivity index is 2.71. The molecule has 0 atom stereocenters. The minimum Gasteiger partial charge on any atom is -0.297 e. The van der Waals surface area contributed by atoms with Gasteiger partial charge in [-0.25, -0.2) is 4.79 Å². The van der Waals surface area contributed by atoms with E-state index < -0.39 is 29.0 Å². The van der Waals surface area contributed by atoms with Crippen molar-refractivity contribution in [1.29, 1.82) is 0 Å². The third-order valence-corrected chi connectivity index (χ3v) is 3.50. The SMILES string of the molecule is Cc1nn(C)cc1Cn1c(=O)c(C(F)(F)F)cn(C(C)C)c1=O. The topological polar surface area (TPSA) is 61.8 Å². The molecule has 2 aromatic heterocycles. The van der Waals surface area contributed by atoms with Crippen molar-refractivity contribution >= 4 is 0 Å². The molecule has 0 aliphatic carbocycles. The lowest BCUT2D eigenvalue weighted by molar-refractivity contribution is -0.139. The maximum atomic E-state index is 13.1. The summed E-state index contributed by atoms with van der Waals surface area (Å²) >= 11 is 0. The standard InChI is InChI=1S/C14H17F3N4O2/c1-8(2)20-7-11(14(15,16)17)12(22)21(13(20)23)6-10-5-19(4)18-9(10)3/h5,7-8H,6H2,1-4H3. The number of nitrogens with zero attached hydrogens (tertiary/aromatic N) is 4. The molecule has 0 aliphatic rings. The van der Waals surface area contributed by atoms with Crippen molar-refractivity contribution in [2.45, 2.75) is 39.5 Å². The number of halogens is 3. The summed E-state index contributed by atoms with van der Waals surface area (Å²) in [6.45, 7) is 4.56. The molecule has 2 rings (SSSR count). The average Bonchev–Trinajstić information content (AvgIpc) is 2.70. The highest BCUT2D eigenvalue weighted by Crippen LogP contribution is 2.26. The van der Waals surface area contributed by atoms with Crippen LogP contribution >= 0.6 is 0 Å². The quantitative estimate of drug-likeness (QED) is 0.860. The van der Waals surface area contributed by atoms with Crippen molar-refractivity contribution in [1.82, 2.24) is 18.9 Å². The van der Waals surface area contributed by atoms with Crippen LogP contribution in [0.15, 0.2) is 22.0 Å². The zero-order valence-corrected chi connectivity index (χ0v) is 13.2. The Kier molecular flexibility index (Phi) is 4.23. The lowest BCUT2D eigenvalue weighted by Gasteiger charge is -2.16. The van der Waals surface area contributed by atoms with Crippen LogP contribution in [-0.4, -0.2) is 18.9 Å². The van der Waals surface area contributed by atoms with E-state index in [1.54, 1.807) is 34.0 Å². The first-order chi connectivity index (χ1) is 10.5. The first kappa shape index (κ1) is 17.0. The third kappa shape index (κ3) is 3.22. The molecule has 9 heteroatoms. The van der Waals surface area contributed by atoms with Gasteiger partial charge in [0.05, 0.1) is 12.2 Å². The van der Waals surface area contributed by atoms with Crippen LogP contribution in [0.2, 0.25) is 0 Å². The van der Waals surface area contributed by atoms with Gasteiger partial charge < -0.3 is 0 Å². The average molecular weight is 330 g/mol. The van der Waals surface area contributed by atoms with E-state index in [2.05, 4.69) is 5.10 Å². The smallest absolute Gasteiger partial charge is 0.297 e. The lowest BCUT2D eigenvalue weighted by Crippen LogP contribution is -2.43. The fourth-order valence-corrected chi connectivity index (χ4v) is 2.30. The second-order valence-electron chi connectivity index (χ2n) is 5.63. The molecule has 0 spiro atoms. The molecular weight excluding hydrogens is 313 g/mol. The first-order valence-corrected chi connectivity index (χ1v) is 6.94.